The highest BCUT2D eigenvalue weighted by atomic mass is 14.8. The van der Waals surface area contributed by atoms with Crippen molar-refractivity contribution in [2.24, 2.45) is 0 Å². The fraction of sp³-hybridized carbons (Fsp3) is 0.0256. The van der Waals surface area contributed by atoms with E-state index in [9.17, 15) is 0 Å². The molecule has 2 aromatic heterocycles. The van der Waals surface area contributed by atoms with Crippen molar-refractivity contribution < 1.29 is 0 Å². The second-order valence-corrected chi connectivity index (χ2v) is 10.6. The first-order chi connectivity index (χ1) is 20.3. The summed E-state index contributed by atoms with van der Waals surface area (Å²) in [6.07, 6.45) is 1.91. The number of hydrogen-bond acceptors (Lipinski definition) is 2. The van der Waals surface area contributed by atoms with Crippen molar-refractivity contribution in [3.05, 3.63) is 145 Å². The summed E-state index contributed by atoms with van der Waals surface area (Å²) in [5.41, 5.74) is 9.89. The molecule has 8 aromatic rings. The van der Waals surface area contributed by atoms with Gasteiger partial charge in [0.25, 0.3) is 0 Å². The number of hydrogen-bond donors (Lipinski definition) is 0. The van der Waals surface area contributed by atoms with Crippen molar-refractivity contribution in [3.63, 3.8) is 0 Å². The molecule has 0 aliphatic carbocycles. The van der Waals surface area contributed by atoms with E-state index in [0.717, 1.165) is 38.6 Å². The first-order valence-corrected chi connectivity index (χ1v) is 14.0. The average Bonchev–Trinajstić information content (AvgIpc) is 3.04. The van der Waals surface area contributed by atoms with Crippen LogP contribution in [-0.2, 0) is 0 Å². The summed E-state index contributed by atoms with van der Waals surface area (Å²) in [6.45, 7) is 2.23. The molecule has 0 spiro atoms. The summed E-state index contributed by atoms with van der Waals surface area (Å²) in [7, 11) is 0. The maximum Gasteiger partial charge on any atom is 0.0978 e. The molecule has 8 rings (SSSR count). The van der Waals surface area contributed by atoms with Crippen LogP contribution in [0.4, 0.5) is 0 Å². The predicted octanol–water partition coefficient (Wildman–Crippen LogP) is 10.4. The molecule has 0 saturated carbocycles. The molecular weight excluding hydrogens is 496 g/mol. The molecule has 0 amide bonds. The zero-order chi connectivity index (χ0) is 27.3. The van der Waals surface area contributed by atoms with E-state index in [-0.39, 0.29) is 0 Å². The van der Waals surface area contributed by atoms with Crippen LogP contribution >= 0.6 is 0 Å². The lowest BCUT2D eigenvalue weighted by Crippen LogP contribution is -1.95. The summed E-state index contributed by atoms with van der Waals surface area (Å²) in [5.74, 6) is 0. The van der Waals surface area contributed by atoms with Gasteiger partial charge in [-0.3, -0.25) is 4.98 Å². The van der Waals surface area contributed by atoms with Crippen LogP contribution in [0.1, 0.15) is 5.56 Å². The Bertz CT molecular complexity index is 2250. The molecule has 0 fully saturated rings. The quantitative estimate of drug-likeness (QED) is 0.170. The Hall–Kier alpha value is -5.34. The van der Waals surface area contributed by atoms with Crippen LogP contribution in [0.15, 0.2) is 140 Å². The minimum atomic E-state index is 0.922. The number of aryl methyl sites for hydroxylation is 1. The third-order valence-electron chi connectivity index (χ3n) is 8.28. The minimum Gasteiger partial charge on any atom is -0.254 e. The van der Waals surface area contributed by atoms with Gasteiger partial charge in [-0.15, -0.1) is 0 Å². The van der Waals surface area contributed by atoms with E-state index in [2.05, 4.69) is 140 Å². The van der Waals surface area contributed by atoms with Gasteiger partial charge in [0.15, 0.2) is 0 Å². The van der Waals surface area contributed by atoms with E-state index < -0.39 is 0 Å². The largest absolute Gasteiger partial charge is 0.254 e. The van der Waals surface area contributed by atoms with Crippen molar-refractivity contribution in [1.29, 1.82) is 0 Å². The zero-order valence-corrected chi connectivity index (χ0v) is 22.7. The molecule has 0 unspecified atom stereocenters. The summed E-state index contributed by atoms with van der Waals surface area (Å²) < 4.78 is 0. The van der Waals surface area contributed by atoms with Gasteiger partial charge in [0.05, 0.1) is 16.7 Å². The van der Waals surface area contributed by atoms with Gasteiger partial charge in [0.2, 0.25) is 0 Å². The number of pyridine rings is 2. The lowest BCUT2D eigenvalue weighted by Gasteiger charge is -2.16. The molecule has 0 aliphatic rings. The SMILES string of the molecule is Cc1c2ccccc2cc2cccc(-c3cc(-c4ccccc4)c4ccc5c(-c6ccccc6)ccnc5c4n3)c12. The van der Waals surface area contributed by atoms with E-state index in [0.29, 0.717) is 0 Å². The molecule has 0 radical (unpaired) electrons. The summed E-state index contributed by atoms with van der Waals surface area (Å²) in [4.78, 5) is 10.3. The standard InChI is InChI=1S/C39H26N2/c1-25-30-17-9-8-15-28(30)23-29-16-10-18-34(37(25)29)36-24-35(27-13-6-3-7-14-27)33-20-19-32-31(26-11-4-2-5-12-26)21-22-40-38(32)39(33)41-36/h2-24H,1H3. The van der Waals surface area contributed by atoms with Gasteiger partial charge in [-0.05, 0) is 74.5 Å². The molecule has 2 heterocycles. The summed E-state index contributed by atoms with van der Waals surface area (Å²) in [5, 5.41) is 7.22. The second kappa shape index (κ2) is 9.39. The monoisotopic (exact) mass is 522 g/mol. The van der Waals surface area contributed by atoms with Crippen LogP contribution in [0.2, 0.25) is 0 Å². The van der Waals surface area contributed by atoms with E-state index >= 15 is 0 Å². The Balaban J connectivity index is 1.49. The number of aromatic nitrogens is 2. The van der Waals surface area contributed by atoms with Gasteiger partial charge in [0, 0.05) is 22.5 Å². The van der Waals surface area contributed by atoms with Crippen LogP contribution < -0.4 is 0 Å². The lowest BCUT2D eigenvalue weighted by atomic mass is 9.91. The van der Waals surface area contributed by atoms with Crippen molar-refractivity contribution >= 4 is 43.4 Å². The van der Waals surface area contributed by atoms with Gasteiger partial charge in [-0.25, -0.2) is 4.98 Å². The van der Waals surface area contributed by atoms with E-state index in [1.807, 2.05) is 6.20 Å². The lowest BCUT2D eigenvalue weighted by molar-refractivity contribution is 1.37. The highest BCUT2D eigenvalue weighted by molar-refractivity contribution is 6.14. The van der Waals surface area contributed by atoms with Crippen molar-refractivity contribution in [2.45, 2.75) is 6.92 Å². The third kappa shape index (κ3) is 3.80. The second-order valence-electron chi connectivity index (χ2n) is 10.6. The Morgan fingerprint density at radius 1 is 0.463 bits per heavy atom. The van der Waals surface area contributed by atoms with Crippen molar-refractivity contribution in [2.75, 3.05) is 0 Å². The topological polar surface area (TPSA) is 25.8 Å². The fourth-order valence-electron chi connectivity index (χ4n) is 6.35. The van der Waals surface area contributed by atoms with Crippen LogP contribution in [-0.4, -0.2) is 9.97 Å². The molecule has 41 heavy (non-hydrogen) atoms. The number of benzene rings is 6. The smallest absolute Gasteiger partial charge is 0.0978 e. The van der Waals surface area contributed by atoms with Crippen molar-refractivity contribution in [3.8, 4) is 33.5 Å². The van der Waals surface area contributed by atoms with Crippen LogP contribution in [0.25, 0.3) is 76.9 Å². The van der Waals surface area contributed by atoms with E-state index in [4.69, 9.17) is 9.97 Å². The first-order valence-electron chi connectivity index (χ1n) is 14.0. The average molecular weight is 523 g/mol. The number of fused-ring (bicyclic) bond motifs is 5. The van der Waals surface area contributed by atoms with Gasteiger partial charge >= 0.3 is 0 Å². The van der Waals surface area contributed by atoms with Crippen LogP contribution in [0, 0.1) is 6.92 Å². The zero-order valence-electron chi connectivity index (χ0n) is 22.7. The first kappa shape index (κ1) is 23.5. The van der Waals surface area contributed by atoms with Crippen LogP contribution in [0.3, 0.4) is 0 Å². The molecule has 2 nitrogen and oxygen atoms in total. The molecule has 0 aliphatic heterocycles. The predicted molar refractivity (Wildman–Crippen MR) is 173 cm³/mol. The minimum absolute atomic E-state index is 0.922. The van der Waals surface area contributed by atoms with Gasteiger partial charge in [0.1, 0.15) is 0 Å². The maximum absolute atomic E-state index is 5.40. The maximum atomic E-state index is 5.40. The Labute approximate surface area is 238 Å². The fourth-order valence-corrected chi connectivity index (χ4v) is 6.35. The third-order valence-corrected chi connectivity index (χ3v) is 8.28. The van der Waals surface area contributed by atoms with Crippen molar-refractivity contribution in [1.82, 2.24) is 9.97 Å². The molecule has 0 N–H and O–H groups in total. The Morgan fingerprint density at radius 3 is 1.90 bits per heavy atom. The molecule has 192 valence electrons. The molecule has 0 atom stereocenters. The van der Waals surface area contributed by atoms with E-state index in [1.54, 1.807) is 0 Å². The molecule has 2 heteroatoms. The van der Waals surface area contributed by atoms with Gasteiger partial charge in [-0.2, -0.15) is 0 Å². The van der Waals surface area contributed by atoms with E-state index in [1.165, 1.54) is 43.8 Å². The highest BCUT2D eigenvalue weighted by Crippen LogP contribution is 2.40. The molecular formula is C39H26N2. The number of nitrogens with zero attached hydrogens (tertiary/aromatic N) is 2. The Kier molecular flexibility index (Phi) is 5.39. The summed E-state index contributed by atoms with van der Waals surface area (Å²) in [6, 6.07) is 47.4. The van der Waals surface area contributed by atoms with Crippen LogP contribution in [0.5, 0.6) is 0 Å². The summed E-state index contributed by atoms with van der Waals surface area (Å²) >= 11 is 0. The van der Waals surface area contributed by atoms with Gasteiger partial charge < -0.3 is 0 Å². The molecule has 0 bridgehead atoms. The highest BCUT2D eigenvalue weighted by Gasteiger charge is 2.17. The Morgan fingerprint density at radius 2 is 1.12 bits per heavy atom. The molecule has 6 aromatic carbocycles. The number of rotatable bonds is 3. The molecule has 0 saturated heterocycles. The van der Waals surface area contributed by atoms with Gasteiger partial charge in [-0.1, -0.05) is 115 Å². The normalized spacial score (nSPS) is 11.5.